The van der Waals surface area contributed by atoms with E-state index in [-0.39, 0.29) is 29.6 Å². The Labute approximate surface area is 82.6 Å². The molecule has 0 aromatic carbocycles. The number of carbonyl (C=O) groups is 1. The number of hydrogen-bond acceptors (Lipinski definition) is 1. The average Bonchev–Trinajstić information content (AvgIpc) is 2.15. The van der Waals surface area contributed by atoms with E-state index < -0.39 is 5.97 Å². The molecular formula is C7H10NaO2+. The maximum absolute atomic E-state index is 10.1. The minimum absolute atomic E-state index is 0. The van der Waals surface area contributed by atoms with Crippen molar-refractivity contribution in [2.45, 2.75) is 19.3 Å². The Bertz CT molecular complexity index is 143. The molecule has 1 unspecified atom stereocenters. The Morgan fingerprint density at radius 1 is 1.70 bits per heavy atom. The summed E-state index contributed by atoms with van der Waals surface area (Å²) in [7, 11) is 0. The van der Waals surface area contributed by atoms with Gasteiger partial charge in [0, 0.05) is 0 Å². The van der Waals surface area contributed by atoms with Gasteiger partial charge in [-0.1, -0.05) is 12.2 Å². The number of carboxylic acids is 1. The molecule has 0 aliphatic heterocycles. The van der Waals surface area contributed by atoms with Crippen LogP contribution in [-0.4, -0.2) is 11.1 Å². The predicted octanol–water partition coefficient (Wildman–Crippen LogP) is -1.57. The van der Waals surface area contributed by atoms with Crippen molar-refractivity contribution in [2.75, 3.05) is 0 Å². The van der Waals surface area contributed by atoms with Crippen LogP contribution < -0.4 is 29.6 Å². The molecule has 0 saturated carbocycles. The SMILES string of the molecule is O=C(O)CC1C=CCC1.[Na+]. The normalized spacial score (nSPS) is 22.2. The van der Waals surface area contributed by atoms with E-state index in [1.807, 2.05) is 12.2 Å². The van der Waals surface area contributed by atoms with Crippen LogP contribution in [0.25, 0.3) is 0 Å². The van der Waals surface area contributed by atoms with Gasteiger partial charge >= 0.3 is 35.5 Å². The molecule has 0 aromatic rings. The van der Waals surface area contributed by atoms with Gasteiger partial charge in [-0.15, -0.1) is 0 Å². The third kappa shape index (κ3) is 3.40. The average molecular weight is 149 g/mol. The van der Waals surface area contributed by atoms with Crippen molar-refractivity contribution in [1.29, 1.82) is 0 Å². The van der Waals surface area contributed by atoms with Gasteiger partial charge < -0.3 is 5.11 Å². The molecule has 0 fully saturated rings. The zero-order valence-electron chi connectivity index (χ0n) is 6.21. The first-order valence-corrected chi connectivity index (χ1v) is 3.17. The van der Waals surface area contributed by atoms with E-state index in [9.17, 15) is 4.79 Å². The van der Waals surface area contributed by atoms with Crippen molar-refractivity contribution >= 4 is 5.97 Å². The van der Waals surface area contributed by atoms with Crippen molar-refractivity contribution < 1.29 is 39.5 Å². The molecular weight excluding hydrogens is 139 g/mol. The minimum Gasteiger partial charge on any atom is -0.481 e. The molecule has 0 heterocycles. The van der Waals surface area contributed by atoms with Gasteiger partial charge in [-0.2, -0.15) is 0 Å². The Morgan fingerprint density at radius 3 is 2.80 bits per heavy atom. The smallest absolute Gasteiger partial charge is 0.481 e. The van der Waals surface area contributed by atoms with Crippen molar-refractivity contribution in [2.24, 2.45) is 5.92 Å². The topological polar surface area (TPSA) is 37.3 Å². The summed E-state index contributed by atoms with van der Waals surface area (Å²) in [6, 6.07) is 0. The number of allylic oxidation sites excluding steroid dienone is 2. The summed E-state index contributed by atoms with van der Waals surface area (Å²) in [5.74, 6) is -0.381. The second-order valence-electron chi connectivity index (χ2n) is 2.36. The fraction of sp³-hybridized carbons (Fsp3) is 0.571. The summed E-state index contributed by atoms with van der Waals surface area (Å²) >= 11 is 0. The summed E-state index contributed by atoms with van der Waals surface area (Å²) < 4.78 is 0. The first kappa shape index (κ1) is 10.2. The first-order chi connectivity index (χ1) is 4.29. The van der Waals surface area contributed by atoms with Crippen LogP contribution in [0, 0.1) is 5.92 Å². The summed E-state index contributed by atoms with van der Waals surface area (Å²) in [6.07, 6.45) is 6.42. The number of carboxylic acid groups (broad SMARTS) is 1. The van der Waals surface area contributed by atoms with E-state index >= 15 is 0 Å². The molecule has 0 bridgehead atoms. The van der Waals surface area contributed by atoms with Crippen LogP contribution in [0.2, 0.25) is 0 Å². The molecule has 0 aromatic heterocycles. The molecule has 50 valence electrons. The van der Waals surface area contributed by atoms with Crippen LogP contribution in [0.3, 0.4) is 0 Å². The zero-order chi connectivity index (χ0) is 6.69. The largest absolute Gasteiger partial charge is 1.00 e. The third-order valence-electron chi connectivity index (χ3n) is 1.55. The fourth-order valence-corrected chi connectivity index (χ4v) is 1.09. The molecule has 2 nitrogen and oxygen atoms in total. The molecule has 0 spiro atoms. The molecule has 1 rings (SSSR count). The molecule has 1 N–H and O–H groups in total. The second-order valence-corrected chi connectivity index (χ2v) is 2.36. The van der Waals surface area contributed by atoms with Gasteiger partial charge in [-0.3, -0.25) is 4.79 Å². The van der Waals surface area contributed by atoms with Crippen molar-refractivity contribution in [1.82, 2.24) is 0 Å². The molecule has 0 saturated heterocycles. The zero-order valence-corrected chi connectivity index (χ0v) is 8.21. The van der Waals surface area contributed by atoms with E-state index in [1.54, 1.807) is 0 Å². The van der Waals surface area contributed by atoms with E-state index in [0.717, 1.165) is 12.8 Å². The van der Waals surface area contributed by atoms with Crippen molar-refractivity contribution in [3.05, 3.63) is 12.2 Å². The Kier molecular flexibility index (Phi) is 5.04. The van der Waals surface area contributed by atoms with Gasteiger partial charge in [-0.05, 0) is 18.8 Å². The Hall–Kier alpha value is 0.210. The number of hydrogen-bond donors (Lipinski definition) is 1. The maximum atomic E-state index is 10.1. The molecule has 1 aliphatic rings. The van der Waals surface area contributed by atoms with Crippen LogP contribution in [0.5, 0.6) is 0 Å². The molecule has 0 amide bonds. The van der Waals surface area contributed by atoms with Gasteiger partial charge in [0.1, 0.15) is 0 Å². The van der Waals surface area contributed by atoms with Crippen molar-refractivity contribution in [3.63, 3.8) is 0 Å². The quantitative estimate of drug-likeness (QED) is 0.380. The summed E-state index contributed by atoms with van der Waals surface area (Å²) in [6.45, 7) is 0. The van der Waals surface area contributed by atoms with Gasteiger partial charge in [0.05, 0.1) is 6.42 Å². The van der Waals surface area contributed by atoms with Crippen LogP contribution in [0.15, 0.2) is 12.2 Å². The van der Waals surface area contributed by atoms with Gasteiger partial charge in [0.15, 0.2) is 0 Å². The van der Waals surface area contributed by atoms with Crippen LogP contribution in [0.1, 0.15) is 19.3 Å². The van der Waals surface area contributed by atoms with E-state index in [1.165, 1.54) is 0 Å². The van der Waals surface area contributed by atoms with Crippen LogP contribution >= 0.6 is 0 Å². The third-order valence-corrected chi connectivity index (χ3v) is 1.55. The molecule has 1 atom stereocenters. The Balaban J connectivity index is 0.000000810. The van der Waals surface area contributed by atoms with Gasteiger partial charge in [0.25, 0.3) is 0 Å². The van der Waals surface area contributed by atoms with Gasteiger partial charge in [0.2, 0.25) is 0 Å². The van der Waals surface area contributed by atoms with Gasteiger partial charge in [-0.25, -0.2) is 0 Å². The molecule has 1 aliphatic carbocycles. The first-order valence-electron chi connectivity index (χ1n) is 3.17. The molecule has 0 radical (unpaired) electrons. The van der Waals surface area contributed by atoms with E-state index in [0.29, 0.717) is 12.3 Å². The number of rotatable bonds is 2. The summed E-state index contributed by atoms with van der Waals surface area (Å²) in [5, 5.41) is 8.34. The monoisotopic (exact) mass is 149 g/mol. The fourth-order valence-electron chi connectivity index (χ4n) is 1.09. The van der Waals surface area contributed by atoms with E-state index in [2.05, 4.69) is 0 Å². The second kappa shape index (κ2) is 4.94. The van der Waals surface area contributed by atoms with E-state index in [4.69, 9.17) is 5.11 Å². The molecule has 3 heteroatoms. The van der Waals surface area contributed by atoms with Crippen molar-refractivity contribution in [3.8, 4) is 0 Å². The van der Waals surface area contributed by atoms with Crippen LogP contribution in [0.4, 0.5) is 0 Å². The molecule has 10 heavy (non-hydrogen) atoms. The number of aliphatic carboxylic acids is 1. The predicted molar refractivity (Wildman–Crippen MR) is 34.1 cm³/mol. The maximum Gasteiger partial charge on any atom is 1.00 e. The Morgan fingerprint density at radius 2 is 2.40 bits per heavy atom. The summed E-state index contributed by atoms with van der Waals surface area (Å²) in [5.41, 5.74) is 0. The van der Waals surface area contributed by atoms with Crippen LogP contribution in [-0.2, 0) is 4.79 Å². The minimum atomic E-state index is -0.688. The standard InChI is InChI=1S/C7H10O2.Na/c8-7(9)5-6-3-1-2-4-6;/h1,3,6H,2,4-5H2,(H,8,9);/q;+1. The summed E-state index contributed by atoms with van der Waals surface area (Å²) in [4.78, 5) is 10.1.